The maximum atomic E-state index is 14.0. The number of amides is 2. The predicted molar refractivity (Wildman–Crippen MR) is 160 cm³/mol. The molecular weight excluding hydrogens is 641 g/mol. The van der Waals surface area contributed by atoms with Crippen LogP contribution in [0.5, 0.6) is 0 Å². The van der Waals surface area contributed by atoms with Gasteiger partial charge in [-0.15, -0.1) is 0 Å². The van der Waals surface area contributed by atoms with Crippen molar-refractivity contribution >= 4 is 61.3 Å². The van der Waals surface area contributed by atoms with Gasteiger partial charge in [-0.3, -0.25) is 14.6 Å². The van der Waals surface area contributed by atoms with Crippen molar-refractivity contribution in [3.63, 3.8) is 0 Å². The summed E-state index contributed by atoms with van der Waals surface area (Å²) in [7, 11) is 0. The number of anilines is 2. The molecule has 2 aliphatic rings. The van der Waals surface area contributed by atoms with Crippen LogP contribution < -0.4 is 11.1 Å². The zero-order valence-corrected chi connectivity index (χ0v) is 24.7. The molecule has 2 amide bonds. The van der Waals surface area contributed by atoms with Crippen LogP contribution in [0.2, 0.25) is 0 Å². The van der Waals surface area contributed by atoms with Gasteiger partial charge >= 0.3 is 6.18 Å². The first-order chi connectivity index (χ1) is 21.0. The Labute approximate surface area is 256 Å². The third-order valence-electron chi connectivity index (χ3n) is 8.29. The zero-order valence-electron chi connectivity index (χ0n) is 23.1. The molecule has 1 saturated heterocycles. The Balaban J connectivity index is 1.25. The molecule has 1 aromatic carbocycles. The molecule has 44 heavy (non-hydrogen) atoms. The Morgan fingerprint density at radius 3 is 2.64 bits per heavy atom. The number of hydrogen-bond donors (Lipinski definition) is 2. The van der Waals surface area contributed by atoms with Crippen LogP contribution in [-0.2, 0) is 22.3 Å². The van der Waals surface area contributed by atoms with Crippen molar-refractivity contribution in [2.24, 2.45) is 5.92 Å². The van der Waals surface area contributed by atoms with Gasteiger partial charge in [0.25, 0.3) is 0 Å². The number of benzene rings is 1. The van der Waals surface area contributed by atoms with E-state index in [9.17, 15) is 22.8 Å². The minimum absolute atomic E-state index is 0.0126. The van der Waals surface area contributed by atoms with Crippen LogP contribution in [-0.4, -0.2) is 53.3 Å². The van der Waals surface area contributed by atoms with Crippen LogP contribution in [0.25, 0.3) is 33.1 Å². The fraction of sp³-hybridized carbons (Fsp3) is 0.267. The molecule has 4 aromatic heterocycles. The van der Waals surface area contributed by atoms with E-state index in [1.165, 1.54) is 18.6 Å². The summed E-state index contributed by atoms with van der Waals surface area (Å²) in [5, 5.41) is 4.02. The molecule has 5 heterocycles. The largest absolute Gasteiger partial charge is 0.433 e. The Kier molecular flexibility index (Phi) is 6.57. The van der Waals surface area contributed by atoms with Crippen LogP contribution in [0, 0.1) is 12.8 Å². The number of halogens is 4. The molecule has 7 rings (SSSR count). The molecule has 2 unspecified atom stereocenters. The first kappa shape index (κ1) is 28.2. The lowest BCUT2D eigenvalue weighted by molar-refractivity contribution is -0.141. The second-order valence-electron chi connectivity index (χ2n) is 11.1. The van der Waals surface area contributed by atoms with Crippen LogP contribution in [0.4, 0.5) is 24.8 Å². The summed E-state index contributed by atoms with van der Waals surface area (Å²) in [5.74, 6) is 0.333. The number of rotatable bonds is 5. The molecule has 224 valence electrons. The predicted octanol–water partition coefficient (Wildman–Crippen LogP) is 5.34. The first-order valence-electron chi connectivity index (χ1n) is 13.8. The molecule has 3 atom stereocenters. The number of likely N-dealkylation sites (tertiary alicyclic amines) is 1. The SMILES string of the molecule is Cc1cc(-c2ccc(C(F)(F)F)nc2)cc2c3c(N)ncnc3n(CC(=O)N3C(C(=O)Nc4cccc(Br)n4)CC4C[C@H]43)c12. The van der Waals surface area contributed by atoms with Crippen LogP contribution in [0.3, 0.4) is 0 Å². The molecule has 14 heteroatoms. The molecule has 0 radical (unpaired) electrons. The number of aromatic nitrogens is 5. The smallest absolute Gasteiger partial charge is 0.383 e. The van der Waals surface area contributed by atoms with E-state index in [0.717, 1.165) is 18.1 Å². The van der Waals surface area contributed by atoms with Gasteiger partial charge in [-0.25, -0.2) is 15.0 Å². The maximum Gasteiger partial charge on any atom is 0.433 e. The van der Waals surface area contributed by atoms with E-state index in [1.807, 2.05) is 13.0 Å². The number of carbonyl (C=O) groups is 2. The quantitative estimate of drug-likeness (QED) is 0.242. The molecule has 5 aromatic rings. The van der Waals surface area contributed by atoms with Crippen molar-refractivity contribution in [1.29, 1.82) is 0 Å². The van der Waals surface area contributed by atoms with Gasteiger partial charge in [0.2, 0.25) is 11.8 Å². The van der Waals surface area contributed by atoms with Gasteiger partial charge < -0.3 is 20.5 Å². The van der Waals surface area contributed by atoms with Gasteiger partial charge in [-0.1, -0.05) is 12.1 Å². The highest BCUT2D eigenvalue weighted by atomic mass is 79.9. The lowest BCUT2D eigenvalue weighted by atomic mass is 10.0. The molecular formula is C30H24BrF3N8O2. The highest BCUT2D eigenvalue weighted by Crippen LogP contribution is 2.48. The molecule has 10 nitrogen and oxygen atoms in total. The van der Waals surface area contributed by atoms with Gasteiger partial charge in [0.05, 0.1) is 10.9 Å². The number of pyridine rings is 2. The van der Waals surface area contributed by atoms with Gasteiger partial charge in [0, 0.05) is 23.2 Å². The number of hydrogen-bond acceptors (Lipinski definition) is 7. The van der Waals surface area contributed by atoms with Crippen LogP contribution in [0.15, 0.2) is 59.6 Å². The Morgan fingerprint density at radius 1 is 1.09 bits per heavy atom. The van der Waals surface area contributed by atoms with E-state index < -0.39 is 17.9 Å². The van der Waals surface area contributed by atoms with E-state index in [1.54, 1.807) is 33.7 Å². The molecule has 1 aliphatic heterocycles. The van der Waals surface area contributed by atoms with E-state index in [2.05, 4.69) is 41.2 Å². The second kappa shape index (κ2) is 10.3. The van der Waals surface area contributed by atoms with Crippen molar-refractivity contribution in [3.05, 3.63) is 70.8 Å². The Hall–Kier alpha value is -4.59. The number of nitrogen functional groups attached to an aromatic ring is 1. The van der Waals surface area contributed by atoms with Gasteiger partial charge in [-0.05, 0) is 83.1 Å². The number of carbonyl (C=O) groups excluding carboxylic acids is 2. The van der Waals surface area contributed by atoms with Gasteiger partial charge in [0.15, 0.2) is 0 Å². The van der Waals surface area contributed by atoms with E-state index in [4.69, 9.17) is 5.73 Å². The van der Waals surface area contributed by atoms with Crippen LogP contribution in [0.1, 0.15) is 24.1 Å². The number of nitrogens with two attached hydrogens (primary N) is 1. The minimum atomic E-state index is -4.55. The number of nitrogens with one attached hydrogen (secondary N) is 1. The zero-order chi connectivity index (χ0) is 30.9. The summed E-state index contributed by atoms with van der Waals surface area (Å²) < 4.78 is 41.6. The van der Waals surface area contributed by atoms with Crippen molar-refractivity contribution < 1.29 is 22.8 Å². The fourth-order valence-electron chi connectivity index (χ4n) is 6.29. The average molecular weight is 665 g/mol. The van der Waals surface area contributed by atoms with Gasteiger partial charge in [-0.2, -0.15) is 13.2 Å². The summed E-state index contributed by atoms with van der Waals surface area (Å²) in [5.41, 5.74) is 8.33. The third kappa shape index (κ3) is 4.82. The molecule has 0 spiro atoms. The van der Waals surface area contributed by atoms with Gasteiger partial charge in [0.1, 0.15) is 46.5 Å². The molecule has 0 bridgehead atoms. The number of piperidine rings is 1. The third-order valence-corrected chi connectivity index (χ3v) is 8.74. The number of nitrogens with zero attached hydrogens (tertiary/aromatic N) is 6. The van der Waals surface area contributed by atoms with E-state index in [-0.39, 0.29) is 36.1 Å². The minimum Gasteiger partial charge on any atom is -0.383 e. The monoisotopic (exact) mass is 664 g/mol. The highest BCUT2D eigenvalue weighted by Gasteiger charge is 2.56. The summed E-state index contributed by atoms with van der Waals surface area (Å²) in [6, 6.07) is 10.5. The lowest BCUT2D eigenvalue weighted by Crippen LogP contribution is -2.46. The summed E-state index contributed by atoms with van der Waals surface area (Å²) in [4.78, 5) is 45.5. The standard InChI is InChI=1S/C30H24BrF3N8O2/c1-14-7-16(15-5-6-21(36-11-15)30(32,33)34)8-18-25-27(35)37-13-38-28(25)41(26(14)18)12-24(43)42-19-9-17(19)10-20(42)29(44)40-23-4-2-3-22(31)39-23/h2-8,11,13,17,19-20H,9-10,12H2,1H3,(H2,35,37,38)(H,39,40,44)/t17?,19-,20?/m1/s1. The molecule has 2 fully saturated rings. The summed E-state index contributed by atoms with van der Waals surface area (Å²) in [6.07, 6.45) is -0.629. The lowest BCUT2D eigenvalue weighted by Gasteiger charge is -2.27. The topological polar surface area (TPSA) is 132 Å². The van der Waals surface area contributed by atoms with E-state index >= 15 is 0 Å². The highest BCUT2D eigenvalue weighted by molar-refractivity contribution is 9.10. The average Bonchev–Trinajstić information content (AvgIpc) is 3.51. The normalized spacial score (nSPS) is 19.4. The first-order valence-corrected chi connectivity index (χ1v) is 14.6. The van der Waals surface area contributed by atoms with Crippen molar-refractivity contribution in [1.82, 2.24) is 29.4 Å². The van der Waals surface area contributed by atoms with E-state index in [0.29, 0.717) is 49.9 Å². The Bertz CT molecular complexity index is 1980. The second-order valence-corrected chi connectivity index (χ2v) is 11.9. The Morgan fingerprint density at radius 2 is 1.91 bits per heavy atom. The molecule has 1 aliphatic carbocycles. The van der Waals surface area contributed by atoms with Crippen LogP contribution >= 0.6 is 15.9 Å². The van der Waals surface area contributed by atoms with Crippen molar-refractivity contribution in [2.75, 3.05) is 11.1 Å². The number of aryl methyl sites for hydroxylation is 1. The summed E-state index contributed by atoms with van der Waals surface area (Å²) >= 11 is 3.31. The van der Waals surface area contributed by atoms with Crippen molar-refractivity contribution in [3.8, 4) is 11.1 Å². The van der Waals surface area contributed by atoms with Crippen molar-refractivity contribution in [2.45, 2.75) is 44.6 Å². The molecule has 3 N–H and O–H groups in total. The number of fused-ring (bicyclic) bond motifs is 4. The fourth-order valence-corrected chi connectivity index (χ4v) is 6.64. The molecule has 1 saturated carbocycles. The maximum absolute atomic E-state index is 14.0. The number of alkyl halides is 3. The summed E-state index contributed by atoms with van der Waals surface area (Å²) in [6.45, 7) is 1.75.